The van der Waals surface area contributed by atoms with E-state index in [1.165, 1.54) is 6.07 Å². The summed E-state index contributed by atoms with van der Waals surface area (Å²) in [7, 11) is 1.59. The number of nitrogens with one attached hydrogen (secondary N) is 1. The third-order valence-electron chi connectivity index (χ3n) is 2.33. The molecule has 0 aliphatic heterocycles. The molecular formula is C12H16F3NO. The van der Waals surface area contributed by atoms with Gasteiger partial charge < -0.3 is 10.1 Å². The lowest BCUT2D eigenvalue weighted by Gasteiger charge is -2.13. The van der Waals surface area contributed by atoms with Crippen LogP contribution in [0.15, 0.2) is 24.3 Å². The maximum absolute atomic E-state index is 12.4. The van der Waals surface area contributed by atoms with Gasteiger partial charge in [0.2, 0.25) is 0 Å². The van der Waals surface area contributed by atoms with Crippen LogP contribution in [0.2, 0.25) is 0 Å². The van der Waals surface area contributed by atoms with Gasteiger partial charge in [0.25, 0.3) is 0 Å². The van der Waals surface area contributed by atoms with Crippen LogP contribution in [-0.2, 0) is 17.5 Å². The van der Waals surface area contributed by atoms with Crippen LogP contribution in [0.1, 0.15) is 18.1 Å². The second kappa shape index (κ2) is 6.02. The first kappa shape index (κ1) is 14.0. The minimum Gasteiger partial charge on any atom is -0.383 e. The van der Waals surface area contributed by atoms with Gasteiger partial charge in [-0.05, 0) is 18.6 Å². The van der Waals surface area contributed by atoms with Crippen molar-refractivity contribution in [3.05, 3.63) is 35.4 Å². The summed E-state index contributed by atoms with van der Waals surface area (Å²) in [4.78, 5) is 0. The van der Waals surface area contributed by atoms with Crippen molar-refractivity contribution >= 4 is 0 Å². The van der Waals surface area contributed by atoms with Crippen molar-refractivity contribution in [2.24, 2.45) is 0 Å². The Morgan fingerprint density at radius 2 is 2.06 bits per heavy atom. The van der Waals surface area contributed by atoms with Gasteiger partial charge in [-0.25, -0.2) is 0 Å². The first-order valence-electron chi connectivity index (χ1n) is 5.32. The van der Waals surface area contributed by atoms with Gasteiger partial charge >= 0.3 is 6.18 Å². The highest BCUT2D eigenvalue weighted by Crippen LogP contribution is 2.29. The van der Waals surface area contributed by atoms with Crippen LogP contribution >= 0.6 is 0 Å². The van der Waals surface area contributed by atoms with Crippen molar-refractivity contribution in [2.75, 3.05) is 13.7 Å². The van der Waals surface area contributed by atoms with Crippen molar-refractivity contribution in [3.63, 3.8) is 0 Å². The summed E-state index contributed by atoms with van der Waals surface area (Å²) >= 11 is 0. The highest BCUT2D eigenvalue weighted by Gasteiger charge is 2.30. The molecule has 1 atom stereocenters. The van der Waals surface area contributed by atoms with Gasteiger partial charge in [0.15, 0.2) is 0 Å². The number of rotatable bonds is 5. The van der Waals surface area contributed by atoms with E-state index in [1.54, 1.807) is 13.2 Å². The molecule has 5 heteroatoms. The van der Waals surface area contributed by atoms with Gasteiger partial charge in [0.05, 0.1) is 12.2 Å². The summed E-state index contributed by atoms with van der Waals surface area (Å²) < 4.78 is 42.3. The molecule has 0 aliphatic carbocycles. The zero-order valence-electron chi connectivity index (χ0n) is 9.84. The summed E-state index contributed by atoms with van der Waals surface area (Å²) in [6.45, 7) is 2.84. The predicted molar refractivity (Wildman–Crippen MR) is 59.6 cm³/mol. The van der Waals surface area contributed by atoms with E-state index in [9.17, 15) is 13.2 Å². The Labute approximate surface area is 98.8 Å². The Bertz CT molecular complexity index is 352. The smallest absolute Gasteiger partial charge is 0.383 e. The number of halogens is 3. The second-order valence-electron chi connectivity index (χ2n) is 3.94. The maximum Gasteiger partial charge on any atom is 0.416 e. The highest BCUT2D eigenvalue weighted by atomic mass is 19.4. The van der Waals surface area contributed by atoms with E-state index in [-0.39, 0.29) is 6.04 Å². The lowest BCUT2D eigenvalue weighted by atomic mass is 10.1. The fourth-order valence-electron chi connectivity index (χ4n) is 1.46. The molecule has 1 aromatic carbocycles. The molecule has 0 fully saturated rings. The summed E-state index contributed by atoms with van der Waals surface area (Å²) in [6.07, 6.45) is -4.28. The van der Waals surface area contributed by atoms with E-state index in [2.05, 4.69) is 5.32 Å². The molecule has 1 rings (SSSR count). The van der Waals surface area contributed by atoms with Crippen molar-refractivity contribution in [1.82, 2.24) is 5.32 Å². The molecule has 0 aliphatic rings. The summed E-state index contributed by atoms with van der Waals surface area (Å²) in [6, 6.07) is 5.42. The fraction of sp³-hybridized carbons (Fsp3) is 0.500. The van der Waals surface area contributed by atoms with Gasteiger partial charge in [-0.1, -0.05) is 18.2 Å². The molecule has 0 heterocycles. The summed E-state index contributed by atoms with van der Waals surface area (Å²) in [5.41, 5.74) is -0.000951. The minimum atomic E-state index is -4.28. The zero-order chi connectivity index (χ0) is 12.9. The van der Waals surface area contributed by atoms with Crippen LogP contribution < -0.4 is 5.32 Å². The molecular weight excluding hydrogens is 231 g/mol. The number of hydrogen-bond donors (Lipinski definition) is 1. The van der Waals surface area contributed by atoms with Gasteiger partial charge in [0.1, 0.15) is 0 Å². The molecule has 96 valence electrons. The molecule has 0 bridgehead atoms. The van der Waals surface area contributed by atoms with Gasteiger partial charge in [-0.2, -0.15) is 13.2 Å². The monoisotopic (exact) mass is 247 g/mol. The minimum absolute atomic E-state index is 0.106. The lowest BCUT2D eigenvalue weighted by Crippen LogP contribution is -2.29. The fourth-order valence-corrected chi connectivity index (χ4v) is 1.46. The molecule has 0 saturated heterocycles. The van der Waals surface area contributed by atoms with Crippen molar-refractivity contribution in [2.45, 2.75) is 25.7 Å². The molecule has 0 aromatic heterocycles. The zero-order valence-corrected chi connectivity index (χ0v) is 9.84. The van der Waals surface area contributed by atoms with Crippen molar-refractivity contribution in [1.29, 1.82) is 0 Å². The molecule has 2 nitrogen and oxygen atoms in total. The number of ether oxygens (including phenoxy) is 1. The van der Waals surface area contributed by atoms with Crippen LogP contribution in [-0.4, -0.2) is 19.8 Å². The largest absolute Gasteiger partial charge is 0.416 e. The SMILES string of the molecule is COC[C@H](C)NCc1cccc(C(F)(F)F)c1. The number of alkyl halides is 3. The molecule has 0 spiro atoms. The first-order chi connectivity index (χ1) is 7.93. The molecule has 1 aromatic rings. The van der Waals surface area contributed by atoms with Crippen molar-refractivity contribution < 1.29 is 17.9 Å². The average Bonchev–Trinajstić information content (AvgIpc) is 2.26. The second-order valence-corrected chi connectivity index (χ2v) is 3.94. The Hall–Kier alpha value is -1.07. The van der Waals surface area contributed by atoms with E-state index < -0.39 is 11.7 Å². The van der Waals surface area contributed by atoms with Gasteiger partial charge in [-0.15, -0.1) is 0 Å². The van der Waals surface area contributed by atoms with Crippen LogP contribution in [0.3, 0.4) is 0 Å². The Kier molecular flexibility index (Phi) is 4.96. The normalized spacial score (nSPS) is 13.7. The third kappa shape index (κ3) is 4.75. The third-order valence-corrected chi connectivity index (χ3v) is 2.33. The molecule has 0 saturated carbocycles. The van der Waals surface area contributed by atoms with Gasteiger partial charge in [-0.3, -0.25) is 0 Å². The highest BCUT2D eigenvalue weighted by molar-refractivity contribution is 5.25. The average molecular weight is 247 g/mol. The predicted octanol–water partition coefficient (Wildman–Crippen LogP) is 2.83. The number of hydrogen-bond acceptors (Lipinski definition) is 2. The van der Waals surface area contributed by atoms with E-state index in [0.29, 0.717) is 18.7 Å². The van der Waals surface area contributed by atoms with Crippen molar-refractivity contribution in [3.8, 4) is 0 Å². The molecule has 1 N–H and O–H groups in total. The standard InChI is InChI=1S/C12H16F3NO/c1-9(8-17-2)16-7-10-4-3-5-11(6-10)12(13,14)15/h3-6,9,16H,7-8H2,1-2H3/t9-/m0/s1. The first-order valence-corrected chi connectivity index (χ1v) is 5.32. The Morgan fingerprint density at radius 3 is 2.65 bits per heavy atom. The Balaban J connectivity index is 2.60. The van der Waals surface area contributed by atoms with E-state index in [0.717, 1.165) is 12.1 Å². The van der Waals surface area contributed by atoms with E-state index in [1.807, 2.05) is 6.92 Å². The lowest BCUT2D eigenvalue weighted by molar-refractivity contribution is -0.137. The van der Waals surface area contributed by atoms with Crippen LogP contribution in [0.4, 0.5) is 13.2 Å². The number of methoxy groups -OCH3 is 1. The molecule has 0 unspecified atom stereocenters. The van der Waals surface area contributed by atoms with E-state index in [4.69, 9.17) is 4.74 Å². The van der Waals surface area contributed by atoms with E-state index >= 15 is 0 Å². The molecule has 0 amide bonds. The topological polar surface area (TPSA) is 21.3 Å². The molecule has 0 radical (unpaired) electrons. The maximum atomic E-state index is 12.4. The Morgan fingerprint density at radius 1 is 1.35 bits per heavy atom. The van der Waals surface area contributed by atoms with Gasteiger partial charge in [0, 0.05) is 19.7 Å². The summed E-state index contributed by atoms with van der Waals surface area (Å²) in [5, 5.41) is 3.09. The van der Waals surface area contributed by atoms with Crippen LogP contribution in [0.25, 0.3) is 0 Å². The van der Waals surface area contributed by atoms with Crippen LogP contribution in [0.5, 0.6) is 0 Å². The van der Waals surface area contributed by atoms with Crippen LogP contribution in [0, 0.1) is 0 Å². The summed E-state index contributed by atoms with van der Waals surface area (Å²) in [5.74, 6) is 0. The quantitative estimate of drug-likeness (QED) is 0.863. The number of benzene rings is 1. The molecule has 17 heavy (non-hydrogen) atoms.